The van der Waals surface area contributed by atoms with Gasteiger partial charge in [-0.1, -0.05) is 30.0 Å². The summed E-state index contributed by atoms with van der Waals surface area (Å²) in [6.07, 6.45) is 1.66. The summed E-state index contributed by atoms with van der Waals surface area (Å²) in [5, 5.41) is 8.56. The predicted octanol–water partition coefficient (Wildman–Crippen LogP) is 2.34. The molecule has 0 saturated carbocycles. The van der Waals surface area contributed by atoms with E-state index in [2.05, 4.69) is 10.2 Å². The van der Waals surface area contributed by atoms with Gasteiger partial charge < -0.3 is 0 Å². The van der Waals surface area contributed by atoms with Crippen LogP contribution in [0.25, 0.3) is 5.69 Å². The normalized spacial score (nSPS) is 12.4. The molecule has 0 bridgehead atoms. The second-order valence-corrected chi connectivity index (χ2v) is 5.00. The molecule has 0 saturated heterocycles. The second-order valence-electron chi connectivity index (χ2n) is 3.69. The van der Waals surface area contributed by atoms with Gasteiger partial charge in [-0.15, -0.1) is 10.2 Å². The molecule has 1 heterocycles. The van der Waals surface area contributed by atoms with Gasteiger partial charge in [-0.25, -0.2) is 0 Å². The molecule has 17 heavy (non-hydrogen) atoms. The number of Topliss-reactive ketones (excluding diaryl/α,β-unsaturated/α-hetero) is 1. The standard InChI is InChI=1S/C12H13N3OS/c1-9(16)10(2)17-12-14-13-8-15(12)11-6-4-3-5-7-11/h3-8,10H,1-2H3. The van der Waals surface area contributed by atoms with Crippen molar-refractivity contribution in [3.63, 3.8) is 0 Å². The van der Waals surface area contributed by atoms with Crippen molar-refractivity contribution in [2.24, 2.45) is 0 Å². The van der Waals surface area contributed by atoms with Gasteiger partial charge in [0.2, 0.25) is 0 Å². The average molecular weight is 247 g/mol. The molecule has 1 atom stereocenters. The van der Waals surface area contributed by atoms with Gasteiger partial charge in [0.05, 0.1) is 5.25 Å². The maximum atomic E-state index is 11.2. The van der Waals surface area contributed by atoms with Crippen LogP contribution in [0.5, 0.6) is 0 Å². The van der Waals surface area contributed by atoms with Gasteiger partial charge in [0.15, 0.2) is 5.16 Å². The van der Waals surface area contributed by atoms with Gasteiger partial charge in [-0.2, -0.15) is 0 Å². The Morgan fingerprint density at radius 3 is 2.71 bits per heavy atom. The van der Waals surface area contributed by atoms with Gasteiger partial charge in [-0.05, 0) is 26.0 Å². The van der Waals surface area contributed by atoms with E-state index in [1.54, 1.807) is 13.3 Å². The summed E-state index contributed by atoms with van der Waals surface area (Å²) in [6, 6.07) is 9.83. The first kappa shape index (κ1) is 11.9. The molecule has 2 rings (SSSR count). The number of nitrogens with zero attached hydrogens (tertiary/aromatic N) is 3. The lowest BCUT2D eigenvalue weighted by atomic mass is 10.3. The summed E-state index contributed by atoms with van der Waals surface area (Å²) in [7, 11) is 0. The molecular formula is C12H13N3OS. The molecule has 88 valence electrons. The van der Waals surface area contributed by atoms with Crippen LogP contribution >= 0.6 is 11.8 Å². The first-order valence-corrected chi connectivity index (χ1v) is 6.19. The average Bonchev–Trinajstić information content (AvgIpc) is 2.78. The highest BCUT2D eigenvalue weighted by Gasteiger charge is 2.14. The topological polar surface area (TPSA) is 47.8 Å². The highest BCUT2D eigenvalue weighted by atomic mass is 32.2. The smallest absolute Gasteiger partial charge is 0.196 e. The van der Waals surface area contributed by atoms with Crippen molar-refractivity contribution < 1.29 is 4.79 Å². The van der Waals surface area contributed by atoms with E-state index in [0.29, 0.717) is 0 Å². The van der Waals surface area contributed by atoms with Crippen LogP contribution in [0.15, 0.2) is 41.8 Å². The zero-order valence-corrected chi connectivity index (χ0v) is 10.5. The Morgan fingerprint density at radius 2 is 2.06 bits per heavy atom. The number of carbonyl (C=O) groups is 1. The van der Waals surface area contributed by atoms with E-state index in [1.807, 2.05) is 41.8 Å². The van der Waals surface area contributed by atoms with E-state index in [1.165, 1.54) is 11.8 Å². The zero-order chi connectivity index (χ0) is 12.3. The van der Waals surface area contributed by atoms with Gasteiger partial charge in [0.25, 0.3) is 0 Å². The molecule has 1 unspecified atom stereocenters. The number of thioether (sulfide) groups is 1. The summed E-state index contributed by atoms with van der Waals surface area (Å²) in [5.74, 6) is 0.137. The first-order valence-electron chi connectivity index (χ1n) is 5.31. The third-order valence-electron chi connectivity index (χ3n) is 2.41. The lowest BCUT2D eigenvalue weighted by molar-refractivity contribution is -0.116. The number of aromatic nitrogens is 3. The van der Waals surface area contributed by atoms with Crippen LogP contribution in [0.1, 0.15) is 13.8 Å². The molecule has 1 aromatic carbocycles. The lowest BCUT2D eigenvalue weighted by Gasteiger charge is -2.08. The van der Waals surface area contributed by atoms with Crippen LogP contribution < -0.4 is 0 Å². The molecule has 0 aliphatic carbocycles. The quantitative estimate of drug-likeness (QED) is 0.778. The minimum absolute atomic E-state index is 0.110. The lowest BCUT2D eigenvalue weighted by Crippen LogP contribution is -2.09. The highest BCUT2D eigenvalue weighted by Crippen LogP contribution is 2.23. The monoisotopic (exact) mass is 247 g/mol. The largest absolute Gasteiger partial charge is 0.299 e. The summed E-state index contributed by atoms with van der Waals surface area (Å²) in [5.41, 5.74) is 0.996. The van der Waals surface area contributed by atoms with Gasteiger partial charge in [-0.3, -0.25) is 9.36 Å². The third kappa shape index (κ3) is 2.74. The van der Waals surface area contributed by atoms with Crippen molar-refractivity contribution in [1.82, 2.24) is 14.8 Å². The van der Waals surface area contributed by atoms with E-state index in [9.17, 15) is 4.79 Å². The minimum Gasteiger partial charge on any atom is -0.299 e. The SMILES string of the molecule is CC(=O)C(C)Sc1nncn1-c1ccccc1. The van der Waals surface area contributed by atoms with E-state index in [0.717, 1.165) is 10.8 Å². The van der Waals surface area contributed by atoms with Crippen LogP contribution in [-0.4, -0.2) is 25.8 Å². The summed E-state index contributed by atoms with van der Waals surface area (Å²) < 4.78 is 1.88. The van der Waals surface area contributed by atoms with Crippen molar-refractivity contribution in [1.29, 1.82) is 0 Å². The molecule has 1 aromatic heterocycles. The van der Waals surface area contributed by atoms with Crippen molar-refractivity contribution >= 4 is 17.5 Å². The Hall–Kier alpha value is -1.62. The van der Waals surface area contributed by atoms with Crippen LogP contribution in [0.4, 0.5) is 0 Å². The summed E-state index contributed by atoms with van der Waals surface area (Å²) in [4.78, 5) is 11.2. The van der Waals surface area contributed by atoms with E-state index >= 15 is 0 Å². The summed E-state index contributed by atoms with van der Waals surface area (Å²) >= 11 is 1.42. The van der Waals surface area contributed by atoms with Crippen molar-refractivity contribution in [3.05, 3.63) is 36.7 Å². The fourth-order valence-corrected chi connectivity index (χ4v) is 2.15. The molecule has 0 radical (unpaired) electrons. The Labute approximate surface area is 104 Å². The number of hydrogen-bond donors (Lipinski definition) is 0. The van der Waals surface area contributed by atoms with Crippen LogP contribution in [0, 0.1) is 0 Å². The number of ketones is 1. The molecule has 0 amide bonds. The molecule has 5 heteroatoms. The van der Waals surface area contributed by atoms with Crippen LogP contribution in [-0.2, 0) is 4.79 Å². The number of benzene rings is 1. The molecule has 4 nitrogen and oxygen atoms in total. The number of para-hydroxylation sites is 1. The number of carbonyl (C=O) groups excluding carboxylic acids is 1. The molecule has 2 aromatic rings. The fraction of sp³-hybridized carbons (Fsp3) is 0.250. The van der Waals surface area contributed by atoms with E-state index in [4.69, 9.17) is 0 Å². The van der Waals surface area contributed by atoms with Crippen molar-refractivity contribution in [2.45, 2.75) is 24.3 Å². The predicted molar refractivity (Wildman–Crippen MR) is 67.4 cm³/mol. The molecule has 0 fully saturated rings. The zero-order valence-electron chi connectivity index (χ0n) is 9.70. The van der Waals surface area contributed by atoms with Gasteiger partial charge in [0.1, 0.15) is 12.1 Å². The maximum Gasteiger partial charge on any atom is 0.196 e. The van der Waals surface area contributed by atoms with Gasteiger partial charge >= 0.3 is 0 Å². The molecule has 0 aliphatic rings. The Balaban J connectivity index is 2.26. The Morgan fingerprint density at radius 1 is 1.35 bits per heavy atom. The molecule has 0 spiro atoms. The summed E-state index contributed by atoms with van der Waals surface area (Å²) in [6.45, 7) is 3.46. The molecule has 0 aliphatic heterocycles. The maximum absolute atomic E-state index is 11.2. The first-order chi connectivity index (χ1) is 8.18. The van der Waals surface area contributed by atoms with Gasteiger partial charge in [0, 0.05) is 5.69 Å². The third-order valence-corrected chi connectivity index (χ3v) is 3.58. The second kappa shape index (κ2) is 5.14. The van der Waals surface area contributed by atoms with Crippen LogP contribution in [0.2, 0.25) is 0 Å². The Bertz CT molecular complexity index is 509. The van der Waals surface area contributed by atoms with E-state index in [-0.39, 0.29) is 11.0 Å². The van der Waals surface area contributed by atoms with Crippen molar-refractivity contribution in [2.75, 3.05) is 0 Å². The fourth-order valence-electron chi connectivity index (χ4n) is 1.31. The van der Waals surface area contributed by atoms with Crippen molar-refractivity contribution in [3.8, 4) is 5.69 Å². The number of hydrogen-bond acceptors (Lipinski definition) is 4. The molecular weight excluding hydrogens is 234 g/mol. The number of rotatable bonds is 4. The minimum atomic E-state index is -0.110. The Kier molecular flexibility index (Phi) is 3.58. The molecule has 0 N–H and O–H groups in total. The van der Waals surface area contributed by atoms with Crippen LogP contribution in [0.3, 0.4) is 0 Å². The highest BCUT2D eigenvalue weighted by molar-refractivity contribution is 8.00. The van der Waals surface area contributed by atoms with E-state index < -0.39 is 0 Å².